The average Bonchev–Trinajstić information content (AvgIpc) is 3.15. The van der Waals surface area contributed by atoms with Crippen LogP contribution in [0.25, 0.3) is 0 Å². The van der Waals surface area contributed by atoms with Crippen molar-refractivity contribution in [3.8, 4) is 0 Å². The van der Waals surface area contributed by atoms with Crippen molar-refractivity contribution >= 4 is 25.5 Å². The number of nitrogens with two attached hydrogens (primary N) is 1. The van der Waals surface area contributed by atoms with Crippen molar-refractivity contribution in [1.29, 1.82) is 0 Å². The SMILES string of the molecule is CCCCC/C=C\C/C=C\C/C=C\C/C=C\CCCC(=O)OC[C@H](COP(=O)(O)OCCN)OC(=O)CCCCCCC/C=C\C=C\C(=O)CCCCC. The Labute approximate surface area is 327 Å². The van der Waals surface area contributed by atoms with Gasteiger partial charge in [-0.1, -0.05) is 126 Å². The first-order valence-corrected chi connectivity index (χ1v) is 21.9. The Bertz CT molecular complexity index is 1180. The number of phosphoric ester groups is 1. The molecule has 0 aromatic carbocycles. The summed E-state index contributed by atoms with van der Waals surface area (Å²) in [5.74, 6) is -0.795. The van der Waals surface area contributed by atoms with Crippen LogP contribution in [0.4, 0.5) is 0 Å². The molecule has 10 nitrogen and oxygen atoms in total. The highest BCUT2D eigenvalue weighted by Crippen LogP contribution is 2.43. The first kappa shape index (κ1) is 51.1. The molecular weight excluding hydrogens is 705 g/mol. The number of hydrogen-bond donors (Lipinski definition) is 2. The fourth-order valence-corrected chi connectivity index (χ4v) is 5.72. The van der Waals surface area contributed by atoms with Crippen molar-refractivity contribution in [2.75, 3.05) is 26.4 Å². The monoisotopic (exact) mass is 777 g/mol. The zero-order chi connectivity index (χ0) is 39.8. The summed E-state index contributed by atoms with van der Waals surface area (Å²) >= 11 is 0. The van der Waals surface area contributed by atoms with Gasteiger partial charge >= 0.3 is 19.8 Å². The van der Waals surface area contributed by atoms with E-state index in [1.807, 2.05) is 12.2 Å². The molecule has 0 aliphatic rings. The molecule has 0 amide bonds. The second-order valence-corrected chi connectivity index (χ2v) is 14.6. The minimum atomic E-state index is -4.41. The molecule has 0 aromatic heterocycles. The first-order chi connectivity index (χ1) is 26.2. The van der Waals surface area contributed by atoms with Crippen molar-refractivity contribution in [2.24, 2.45) is 5.73 Å². The summed E-state index contributed by atoms with van der Waals surface area (Å²) < 4.78 is 32.6. The van der Waals surface area contributed by atoms with Crippen LogP contribution in [0.15, 0.2) is 72.9 Å². The minimum absolute atomic E-state index is 0.0282. The van der Waals surface area contributed by atoms with Crippen molar-refractivity contribution in [3.05, 3.63) is 72.9 Å². The topological polar surface area (TPSA) is 151 Å². The molecule has 0 saturated carbocycles. The average molecular weight is 778 g/mol. The largest absolute Gasteiger partial charge is 0.472 e. The quantitative estimate of drug-likeness (QED) is 0.0156. The molecule has 11 heteroatoms. The van der Waals surface area contributed by atoms with Crippen molar-refractivity contribution in [3.63, 3.8) is 0 Å². The summed E-state index contributed by atoms with van der Waals surface area (Å²) in [6.07, 6.45) is 42.0. The van der Waals surface area contributed by atoms with E-state index >= 15 is 0 Å². The molecule has 0 fully saturated rings. The Kier molecular flexibility index (Phi) is 36.3. The van der Waals surface area contributed by atoms with E-state index in [9.17, 15) is 23.8 Å². The zero-order valence-electron chi connectivity index (χ0n) is 33.4. The van der Waals surface area contributed by atoms with Crippen molar-refractivity contribution in [2.45, 2.75) is 155 Å². The molecule has 0 aromatic rings. The molecule has 0 rings (SSSR count). The van der Waals surface area contributed by atoms with Crippen LogP contribution in [0.1, 0.15) is 149 Å². The molecule has 0 aliphatic heterocycles. The van der Waals surface area contributed by atoms with Crippen LogP contribution in [0.5, 0.6) is 0 Å². The first-order valence-electron chi connectivity index (χ1n) is 20.4. The van der Waals surface area contributed by atoms with Crippen LogP contribution in [0, 0.1) is 0 Å². The lowest BCUT2D eigenvalue weighted by atomic mass is 10.1. The van der Waals surface area contributed by atoms with E-state index in [-0.39, 0.29) is 38.4 Å². The molecule has 0 radical (unpaired) electrons. The summed E-state index contributed by atoms with van der Waals surface area (Å²) in [5, 5.41) is 0. The molecule has 0 aliphatic carbocycles. The predicted molar refractivity (Wildman–Crippen MR) is 220 cm³/mol. The highest BCUT2D eigenvalue weighted by molar-refractivity contribution is 7.47. The van der Waals surface area contributed by atoms with Gasteiger partial charge in [0.2, 0.25) is 0 Å². The number of carbonyl (C=O) groups is 3. The van der Waals surface area contributed by atoms with Crippen molar-refractivity contribution < 1.29 is 42.4 Å². The summed E-state index contributed by atoms with van der Waals surface area (Å²) in [4.78, 5) is 46.5. The molecule has 54 heavy (non-hydrogen) atoms. The van der Waals surface area contributed by atoms with Crippen LogP contribution < -0.4 is 5.73 Å². The van der Waals surface area contributed by atoms with E-state index in [1.54, 1.807) is 12.2 Å². The lowest BCUT2D eigenvalue weighted by Crippen LogP contribution is -2.29. The number of ether oxygens (including phenoxy) is 2. The van der Waals surface area contributed by atoms with Gasteiger partial charge in [-0.3, -0.25) is 23.4 Å². The smallest absolute Gasteiger partial charge is 0.462 e. The van der Waals surface area contributed by atoms with Gasteiger partial charge in [0.1, 0.15) is 6.61 Å². The van der Waals surface area contributed by atoms with Gasteiger partial charge in [-0.05, 0) is 76.7 Å². The van der Waals surface area contributed by atoms with Gasteiger partial charge in [0, 0.05) is 25.8 Å². The van der Waals surface area contributed by atoms with Crippen LogP contribution >= 0.6 is 7.82 Å². The van der Waals surface area contributed by atoms with E-state index in [2.05, 4.69) is 62.5 Å². The fraction of sp³-hybridized carbons (Fsp3) is 0.651. The third-order valence-corrected chi connectivity index (χ3v) is 9.03. The summed E-state index contributed by atoms with van der Waals surface area (Å²) in [5.41, 5.74) is 5.33. The molecule has 3 N–H and O–H groups in total. The van der Waals surface area contributed by atoms with E-state index in [4.69, 9.17) is 24.3 Å². The standard InChI is InChI=1S/C43H72NO9P/c1-3-5-7-8-9-10-11-12-13-14-15-16-17-20-23-26-30-34-42(46)50-38-41(39-52-54(48,49)51-37-36-44)53-43(47)35-31-27-24-21-18-19-22-25-29-33-40(45)32-28-6-4-2/h9-10,12-13,15-16,20,22-23,25,29,33,41H,3-8,11,14,17-19,21,24,26-28,30-32,34-39,44H2,1-2H3,(H,48,49)/b10-9-,13-12-,16-15-,23-20-,25-22-,33-29+/t41-/m1/s1. The van der Waals surface area contributed by atoms with Gasteiger partial charge in [0.15, 0.2) is 11.9 Å². The maximum Gasteiger partial charge on any atom is 0.472 e. The normalized spacial score (nSPS) is 14.0. The Morgan fingerprint density at radius 3 is 1.81 bits per heavy atom. The van der Waals surface area contributed by atoms with Gasteiger partial charge in [-0.15, -0.1) is 0 Å². The van der Waals surface area contributed by atoms with Gasteiger partial charge < -0.3 is 20.1 Å². The van der Waals surface area contributed by atoms with Crippen LogP contribution in [0.3, 0.4) is 0 Å². The van der Waals surface area contributed by atoms with Crippen molar-refractivity contribution in [1.82, 2.24) is 0 Å². The van der Waals surface area contributed by atoms with E-state index < -0.39 is 32.5 Å². The maximum absolute atomic E-state index is 12.5. The number of hydrogen-bond acceptors (Lipinski definition) is 9. The number of phosphoric acid groups is 1. The van der Waals surface area contributed by atoms with Crippen LogP contribution in [0.2, 0.25) is 0 Å². The summed E-state index contributed by atoms with van der Waals surface area (Å²) in [7, 11) is -4.41. The van der Waals surface area contributed by atoms with E-state index in [1.165, 1.54) is 19.3 Å². The Balaban J connectivity index is 4.37. The number of esters is 2. The molecule has 0 spiro atoms. The highest BCUT2D eigenvalue weighted by Gasteiger charge is 2.25. The number of rotatable bonds is 37. The fourth-order valence-electron chi connectivity index (χ4n) is 4.96. The molecule has 1 unspecified atom stereocenters. The molecule has 0 bridgehead atoms. The highest BCUT2D eigenvalue weighted by atomic mass is 31.2. The second kappa shape index (κ2) is 38.4. The number of allylic oxidation sites excluding steroid dienone is 12. The zero-order valence-corrected chi connectivity index (χ0v) is 34.3. The lowest BCUT2D eigenvalue weighted by molar-refractivity contribution is -0.161. The summed E-state index contributed by atoms with van der Waals surface area (Å²) in [6, 6.07) is 0. The number of ketones is 1. The molecule has 308 valence electrons. The number of carbonyl (C=O) groups excluding carboxylic acids is 3. The Hall–Kier alpha value is -2.88. The summed E-state index contributed by atoms with van der Waals surface area (Å²) in [6.45, 7) is 3.40. The lowest BCUT2D eigenvalue weighted by Gasteiger charge is -2.19. The van der Waals surface area contributed by atoms with Gasteiger partial charge in [0.25, 0.3) is 0 Å². The number of unbranched alkanes of at least 4 members (excludes halogenated alkanes) is 11. The third-order valence-electron chi connectivity index (χ3n) is 8.04. The van der Waals surface area contributed by atoms with E-state index in [0.717, 1.165) is 83.5 Å². The van der Waals surface area contributed by atoms with Crippen LogP contribution in [-0.4, -0.2) is 55.1 Å². The Morgan fingerprint density at radius 2 is 1.15 bits per heavy atom. The van der Waals surface area contributed by atoms with E-state index in [0.29, 0.717) is 19.3 Å². The molecular formula is C43H72NO9P. The minimum Gasteiger partial charge on any atom is -0.462 e. The van der Waals surface area contributed by atoms with Gasteiger partial charge in [-0.25, -0.2) is 4.57 Å². The Morgan fingerprint density at radius 1 is 0.611 bits per heavy atom. The maximum atomic E-state index is 12.5. The van der Waals surface area contributed by atoms with Crippen LogP contribution in [-0.2, 0) is 37.5 Å². The predicted octanol–water partition coefficient (Wildman–Crippen LogP) is 10.7. The van der Waals surface area contributed by atoms with Gasteiger partial charge in [-0.2, -0.15) is 0 Å². The van der Waals surface area contributed by atoms with Gasteiger partial charge in [0.05, 0.1) is 13.2 Å². The third kappa shape index (κ3) is 37.4. The molecule has 0 saturated heterocycles. The molecule has 2 atom stereocenters. The second-order valence-electron chi connectivity index (χ2n) is 13.2. The molecule has 0 heterocycles.